The van der Waals surface area contributed by atoms with E-state index >= 15 is 0 Å². The van der Waals surface area contributed by atoms with Gasteiger partial charge in [0.25, 0.3) is 11.8 Å². The summed E-state index contributed by atoms with van der Waals surface area (Å²) in [5.41, 5.74) is -0.0401. The Hall–Kier alpha value is -2.61. The van der Waals surface area contributed by atoms with E-state index in [0.717, 1.165) is 6.07 Å². The molecule has 2 N–H and O–H groups in total. The number of aryl methyl sites for hydroxylation is 1. The fourth-order valence-corrected chi connectivity index (χ4v) is 4.12. The van der Waals surface area contributed by atoms with Crippen LogP contribution in [0, 0.1) is 5.82 Å². The maximum absolute atomic E-state index is 13.4. The first-order valence-electron chi connectivity index (χ1n) is 8.49. The van der Waals surface area contributed by atoms with E-state index in [9.17, 15) is 14.0 Å². The molecule has 5 rings (SSSR count). The van der Waals surface area contributed by atoms with Gasteiger partial charge in [-0.2, -0.15) is 5.10 Å². The summed E-state index contributed by atoms with van der Waals surface area (Å²) < 4.78 is 20.2. The number of carbonyl (C=O) groups is 2. The first-order chi connectivity index (χ1) is 12.8. The molecule has 1 aromatic heterocycles. The second-order valence-corrected chi connectivity index (χ2v) is 7.71. The van der Waals surface area contributed by atoms with E-state index in [1.165, 1.54) is 16.8 Å². The van der Waals surface area contributed by atoms with Crippen LogP contribution in [0.3, 0.4) is 0 Å². The van der Waals surface area contributed by atoms with Crippen molar-refractivity contribution in [2.45, 2.75) is 30.3 Å². The van der Waals surface area contributed by atoms with Gasteiger partial charge in [-0.25, -0.2) is 4.39 Å². The molecule has 3 fully saturated rings. The van der Waals surface area contributed by atoms with Gasteiger partial charge in [-0.05, 0) is 37.5 Å². The Labute approximate surface area is 159 Å². The molecule has 3 aliphatic carbocycles. The first-order valence-corrected chi connectivity index (χ1v) is 8.87. The number of amides is 2. The van der Waals surface area contributed by atoms with Crippen LogP contribution in [0.25, 0.3) is 0 Å². The minimum absolute atomic E-state index is 0.000799. The molecule has 0 radical (unpaired) electrons. The molecule has 7 nitrogen and oxygen atoms in total. The van der Waals surface area contributed by atoms with Crippen molar-refractivity contribution in [1.29, 1.82) is 0 Å². The van der Waals surface area contributed by atoms with Crippen molar-refractivity contribution < 1.29 is 18.7 Å². The summed E-state index contributed by atoms with van der Waals surface area (Å²) in [6, 6.07) is 5.68. The highest BCUT2D eigenvalue weighted by molar-refractivity contribution is 6.30. The van der Waals surface area contributed by atoms with Crippen LogP contribution in [0.1, 0.15) is 29.8 Å². The predicted octanol–water partition coefficient (Wildman–Crippen LogP) is 1.81. The third-order valence-corrected chi connectivity index (χ3v) is 5.43. The molecule has 2 amide bonds. The molecular formula is C18H18ClFN4O3. The summed E-state index contributed by atoms with van der Waals surface area (Å²) in [7, 11) is 1.71. The Morgan fingerprint density at radius 2 is 1.96 bits per heavy atom. The summed E-state index contributed by atoms with van der Waals surface area (Å²) in [6.45, 7) is -0.211. The van der Waals surface area contributed by atoms with E-state index in [0.29, 0.717) is 25.0 Å². The van der Waals surface area contributed by atoms with Gasteiger partial charge < -0.3 is 15.4 Å². The van der Waals surface area contributed by atoms with Crippen LogP contribution in [0.5, 0.6) is 5.75 Å². The number of nitrogens with one attached hydrogen (secondary N) is 2. The van der Waals surface area contributed by atoms with E-state index in [1.54, 1.807) is 19.3 Å². The van der Waals surface area contributed by atoms with Crippen LogP contribution in [0.2, 0.25) is 5.02 Å². The molecule has 0 saturated heterocycles. The number of hydrogen-bond acceptors (Lipinski definition) is 4. The molecule has 0 aliphatic heterocycles. The van der Waals surface area contributed by atoms with Crippen LogP contribution in [-0.2, 0) is 11.8 Å². The molecule has 1 aromatic carbocycles. The van der Waals surface area contributed by atoms with Crippen molar-refractivity contribution in [2.75, 3.05) is 6.61 Å². The maximum Gasteiger partial charge on any atom is 0.269 e. The molecular weight excluding hydrogens is 375 g/mol. The summed E-state index contributed by atoms with van der Waals surface area (Å²) in [6.07, 6.45) is 3.63. The molecule has 0 atom stereocenters. The Kier molecular flexibility index (Phi) is 4.10. The van der Waals surface area contributed by atoms with Gasteiger partial charge in [0.05, 0.1) is 5.02 Å². The van der Waals surface area contributed by atoms with Gasteiger partial charge in [0.15, 0.2) is 6.61 Å². The normalized spacial score (nSPS) is 25.1. The monoisotopic (exact) mass is 392 g/mol. The van der Waals surface area contributed by atoms with Gasteiger partial charge >= 0.3 is 0 Å². The molecule has 2 bridgehead atoms. The number of ether oxygens (including phenoxy) is 1. The van der Waals surface area contributed by atoms with Crippen LogP contribution in [0.4, 0.5) is 4.39 Å². The standard InChI is InChI=1S/C18H18ClFN4O3/c1-24-14(4-5-21-24)16(26)23-18-8-17(9-18,10-18)22-15(25)7-27-11-2-3-12(19)13(20)6-11/h2-6H,7-10H2,1H3,(H,22,25)(H,23,26). The minimum Gasteiger partial charge on any atom is -0.484 e. The van der Waals surface area contributed by atoms with E-state index in [4.69, 9.17) is 16.3 Å². The van der Waals surface area contributed by atoms with Gasteiger partial charge in [0, 0.05) is 30.4 Å². The van der Waals surface area contributed by atoms with Crippen LogP contribution < -0.4 is 15.4 Å². The van der Waals surface area contributed by atoms with Gasteiger partial charge in [-0.15, -0.1) is 0 Å². The lowest BCUT2D eigenvalue weighted by Crippen LogP contribution is -2.84. The first kappa shape index (κ1) is 17.8. The fourth-order valence-electron chi connectivity index (χ4n) is 4.00. The van der Waals surface area contributed by atoms with Crippen molar-refractivity contribution >= 4 is 23.4 Å². The van der Waals surface area contributed by atoms with E-state index in [2.05, 4.69) is 15.7 Å². The lowest BCUT2D eigenvalue weighted by Gasteiger charge is -2.70. The Balaban J connectivity index is 1.24. The van der Waals surface area contributed by atoms with Gasteiger partial charge in [-0.1, -0.05) is 11.6 Å². The summed E-state index contributed by atoms with van der Waals surface area (Å²) in [5, 5.41) is 9.97. The molecule has 27 heavy (non-hydrogen) atoms. The maximum atomic E-state index is 13.4. The number of rotatable bonds is 6. The zero-order valence-corrected chi connectivity index (χ0v) is 15.3. The van der Waals surface area contributed by atoms with Crippen molar-refractivity contribution in [3.8, 4) is 5.75 Å². The highest BCUT2D eigenvalue weighted by atomic mass is 35.5. The average Bonchev–Trinajstić information content (AvgIpc) is 2.99. The second kappa shape index (κ2) is 6.23. The van der Waals surface area contributed by atoms with Crippen molar-refractivity contribution in [1.82, 2.24) is 20.4 Å². The zero-order valence-electron chi connectivity index (χ0n) is 14.6. The number of aromatic nitrogens is 2. The van der Waals surface area contributed by atoms with E-state index in [-0.39, 0.29) is 40.3 Å². The average molecular weight is 393 g/mol. The third-order valence-electron chi connectivity index (χ3n) is 5.13. The number of halogens is 2. The third kappa shape index (κ3) is 3.25. The van der Waals surface area contributed by atoms with Gasteiger partial charge in [0.2, 0.25) is 0 Å². The smallest absolute Gasteiger partial charge is 0.269 e. The SMILES string of the molecule is Cn1nccc1C(=O)NC12CC(NC(=O)COc3ccc(Cl)c(F)c3)(C1)C2. The fraction of sp³-hybridized carbons (Fsp3) is 0.389. The number of carbonyl (C=O) groups excluding carboxylic acids is 2. The van der Waals surface area contributed by atoms with Crippen molar-refractivity contribution in [3.05, 3.63) is 47.0 Å². The lowest BCUT2D eigenvalue weighted by atomic mass is 9.44. The molecule has 3 saturated carbocycles. The largest absolute Gasteiger partial charge is 0.484 e. The summed E-state index contributed by atoms with van der Waals surface area (Å²) in [4.78, 5) is 24.4. The van der Waals surface area contributed by atoms with Gasteiger partial charge in [0.1, 0.15) is 17.3 Å². The van der Waals surface area contributed by atoms with Gasteiger partial charge in [-0.3, -0.25) is 14.3 Å². The Morgan fingerprint density at radius 3 is 2.59 bits per heavy atom. The molecule has 9 heteroatoms. The van der Waals surface area contributed by atoms with Crippen LogP contribution >= 0.6 is 11.6 Å². The molecule has 3 aliphatic rings. The predicted molar refractivity (Wildman–Crippen MR) is 95.0 cm³/mol. The quantitative estimate of drug-likeness (QED) is 0.785. The lowest BCUT2D eigenvalue weighted by molar-refractivity contribution is -0.141. The molecule has 0 unspecified atom stereocenters. The number of hydrogen-bond donors (Lipinski definition) is 2. The molecule has 2 aromatic rings. The number of benzene rings is 1. The van der Waals surface area contributed by atoms with Crippen molar-refractivity contribution in [2.24, 2.45) is 7.05 Å². The molecule has 1 heterocycles. The summed E-state index contributed by atoms with van der Waals surface area (Å²) >= 11 is 5.61. The molecule has 0 spiro atoms. The van der Waals surface area contributed by atoms with Crippen LogP contribution in [-0.4, -0.2) is 39.3 Å². The van der Waals surface area contributed by atoms with Crippen molar-refractivity contribution in [3.63, 3.8) is 0 Å². The highest BCUT2D eigenvalue weighted by Crippen LogP contribution is 2.60. The summed E-state index contributed by atoms with van der Waals surface area (Å²) in [5.74, 6) is -0.802. The van der Waals surface area contributed by atoms with E-state index in [1.807, 2.05) is 0 Å². The topological polar surface area (TPSA) is 85.3 Å². The Morgan fingerprint density at radius 1 is 1.26 bits per heavy atom. The van der Waals surface area contributed by atoms with Crippen LogP contribution in [0.15, 0.2) is 30.5 Å². The van der Waals surface area contributed by atoms with E-state index < -0.39 is 5.82 Å². The Bertz CT molecular complexity index is 909. The minimum atomic E-state index is -0.597. The highest BCUT2D eigenvalue weighted by Gasteiger charge is 2.69. The number of nitrogens with zero attached hydrogens (tertiary/aromatic N) is 2. The zero-order chi connectivity index (χ0) is 19.2. The second-order valence-electron chi connectivity index (χ2n) is 7.30. The molecule has 142 valence electrons.